The molecule has 0 aromatic carbocycles. The summed E-state index contributed by atoms with van der Waals surface area (Å²) in [5.41, 5.74) is -0.0877. The van der Waals surface area contributed by atoms with Gasteiger partial charge in [-0.05, 0) is 26.2 Å². The highest BCUT2D eigenvalue weighted by molar-refractivity contribution is 5.92. The van der Waals surface area contributed by atoms with Crippen molar-refractivity contribution in [2.24, 2.45) is 11.1 Å². The Morgan fingerprint density at radius 3 is 2.72 bits per heavy atom. The molecule has 1 aliphatic carbocycles. The number of halogens is 3. The first-order chi connectivity index (χ1) is 13.8. The average molecular weight is 415 g/mol. The molecule has 3 heterocycles. The average Bonchev–Trinajstić information content (AvgIpc) is 3.50. The van der Waals surface area contributed by atoms with Gasteiger partial charge in [-0.1, -0.05) is 5.16 Å². The zero-order valence-electron chi connectivity index (χ0n) is 16.1. The summed E-state index contributed by atoms with van der Waals surface area (Å²) in [7, 11) is 0. The number of hydrogen-bond donors (Lipinski definition) is 1. The molecule has 0 radical (unpaired) electrons. The molecular formula is C18H24F3N5O3. The van der Waals surface area contributed by atoms with Gasteiger partial charge in [0.25, 0.3) is 5.56 Å². The maximum atomic E-state index is 13.8. The molecule has 1 aromatic rings. The van der Waals surface area contributed by atoms with Crippen molar-refractivity contribution in [1.82, 2.24) is 9.55 Å². The summed E-state index contributed by atoms with van der Waals surface area (Å²) >= 11 is 0. The first-order valence-corrected chi connectivity index (χ1v) is 9.80. The summed E-state index contributed by atoms with van der Waals surface area (Å²) < 4.78 is 48.0. The van der Waals surface area contributed by atoms with Gasteiger partial charge in [0, 0.05) is 25.1 Å². The molecule has 29 heavy (non-hydrogen) atoms. The fraction of sp³-hybridized carbons (Fsp3) is 0.722. The molecule has 0 amide bonds. The highest BCUT2D eigenvalue weighted by Gasteiger charge is 2.48. The lowest BCUT2D eigenvalue weighted by Crippen LogP contribution is -2.54. The number of nitrogens with zero attached hydrogens (tertiary/aromatic N) is 5. The summed E-state index contributed by atoms with van der Waals surface area (Å²) in [6, 6.07) is -0.461. The summed E-state index contributed by atoms with van der Waals surface area (Å²) in [5, 5.41) is 12.6. The lowest BCUT2D eigenvalue weighted by atomic mass is 10.1. The Bertz CT molecular complexity index is 852. The largest absolute Gasteiger partial charge is 0.411 e. The molecule has 0 spiro atoms. The SMILES string of the molecule is C[C@@H]1COCCN1c1cc(=O)n2c(n1)N(C/C(=N/O)C1CC1)[C@H](C(F)(F)F)CC2. The molecule has 160 valence electrons. The van der Waals surface area contributed by atoms with Crippen LogP contribution in [0.15, 0.2) is 16.0 Å². The van der Waals surface area contributed by atoms with Crippen LogP contribution in [0.2, 0.25) is 0 Å². The Hall–Kier alpha value is -2.30. The van der Waals surface area contributed by atoms with Gasteiger partial charge in [0.15, 0.2) is 0 Å². The zero-order chi connectivity index (χ0) is 20.8. The van der Waals surface area contributed by atoms with E-state index in [-0.39, 0.29) is 43.0 Å². The van der Waals surface area contributed by atoms with Crippen molar-refractivity contribution in [3.05, 3.63) is 16.4 Å². The number of morpholine rings is 1. The van der Waals surface area contributed by atoms with Crippen LogP contribution in [0.1, 0.15) is 26.2 Å². The molecule has 11 heteroatoms. The first-order valence-electron chi connectivity index (χ1n) is 9.80. The van der Waals surface area contributed by atoms with Gasteiger partial charge in [-0.15, -0.1) is 0 Å². The number of anilines is 2. The maximum Gasteiger partial charge on any atom is 0.408 e. The van der Waals surface area contributed by atoms with Crippen molar-refractivity contribution >= 4 is 17.5 Å². The van der Waals surface area contributed by atoms with Crippen LogP contribution in [-0.4, -0.2) is 65.0 Å². The number of hydrogen-bond acceptors (Lipinski definition) is 7. The Balaban J connectivity index is 1.76. The fourth-order valence-corrected chi connectivity index (χ4v) is 4.03. The smallest absolute Gasteiger partial charge is 0.408 e. The topological polar surface area (TPSA) is 83.2 Å². The highest BCUT2D eigenvalue weighted by atomic mass is 19.4. The van der Waals surface area contributed by atoms with E-state index in [4.69, 9.17) is 4.74 Å². The minimum Gasteiger partial charge on any atom is -0.411 e. The van der Waals surface area contributed by atoms with Gasteiger partial charge >= 0.3 is 6.18 Å². The molecule has 2 aliphatic heterocycles. The zero-order valence-corrected chi connectivity index (χ0v) is 16.1. The monoisotopic (exact) mass is 415 g/mol. The van der Waals surface area contributed by atoms with Crippen LogP contribution in [0, 0.1) is 5.92 Å². The van der Waals surface area contributed by atoms with Crippen molar-refractivity contribution in [3.63, 3.8) is 0 Å². The lowest BCUT2D eigenvalue weighted by molar-refractivity contribution is -0.152. The second-order valence-electron chi connectivity index (χ2n) is 7.86. The van der Waals surface area contributed by atoms with Crippen LogP contribution < -0.4 is 15.4 Å². The van der Waals surface area contributed by atoms with Gasteiger partial charge in [-0.2, -0.15) is 18.2 Å². The molecule has 1 aromatic heterocycles. The van der Waals surface area contributed by atoms with Crippen molar-refractivity contribution < 1.29 is 23.1 Å². The number of alkyl halides is 3. The predicted octanol–water partition coefficient (Wildman–Crippen LogP) is 1.85. The summed E-state index contributed by atoms with van der Waals surface area (Å²) in [6.45, 7) is 3.07. The Labute approximate surface area is 165 Å². The Morgan fingerprint density at radius 1 is 1.34 bits per heavy atom. The van der Waals surface area contributed by atoms with Crippen molar-refractivity contribution in [2.75, 3.05) is 36.1 Å². The second kappa shape index (κ2) is 7.51. The maximum absolute atomic E-state index is 13.8. The quantitative estimate of drug-likeness (QED) is 0.459. The van der Waals surface area contributed by atoms with E-state index in [0.29, 0.717) is 31.3 Å². The van der Waals surface area contributed by atoms with Crippen LogP contribution in [0.3, 0.4) is 0 Å². The Morgan fingerprint density at radius 2 is 2.10 bits per heavy atom. The molecule has 4 rings (SSSR count). The van der Waals surface area contributed by atoms with E-state index in [1.165, 1.54) is 10.6 Å². The van der Waals surface area contributed by atoms with Gasteiger partial charge in [0.05, 0.1) is 31.5 Å². The molecule has 2 fully saturated rings. The molecule has 1 saturated heterocycles. The van der Waals surface area contributed by atoms with Crippen molar-refractivity contribution in [3.8, 4) is 0 Å². The van der Waals surface area contributed by atoms with Gasteiger partial charge in [-0.25, -0.2) is 0 Å². The molecule has 0 unspecified atom stereocenters. The van der Waals surface area contributed by atoms with Gasteiger partial charge < -0.3 is 19.7 Å². The van der Waals surface area contributed by atoms with Crippen LogP contribution >= 0.6 is 0 Å². The second-order valence-corrected chi connectivity index (χ2v) is 7.86. The molecule has 2 atom stereocenters. The molecule has 3 aliphatic rings. The van der Waals surface area contributed by atoms with E-state index in [0.717, 1.165) is 17.7 Å². The minimum absolute atomic E-state index is 0.0153. The number of rotatable bonds is 4. The van der Waals surface area contributed by atoms with Crippen LogP contribution in [0.25, 0.3) is 0 Å². The molecule has 1 saturated carbocycles. The lowest BCUT2D eigenvalue weighted by Gasteiger charge is -2.40. The van der Waals surface area contributed by atoms with E-state index in [9.17, 15) is 23.2 Å². The van der Waals surface area contributed by atoms with Gasteiger partial charge in [-0.3, -0.25) is 9.36 Å². The number of aromatic nitrogens is 2. The minimum atomic E-state index is -4.49. The normalized spacial score (nSPS) is 25.9. The van der Waals surface area contributed by atoms with Crippen molar-refractivity contribution in [2.45, 2.75) is 51.0 Å². The number of ether oxygens (including phenoxy) is 1. The summed E-state index contributed by atoms with van der Waals surface area (Å²) in [6.07, 6.45) is -3.17. The first kappa shape index (κ1) is 20.0. The van der Waals surface area contributed by atoms with Crippen LogP contribution in [0.4, 0.5) is 24.9 Å². The van der Waals surface area contributed by atoms with E-state index < -0.39 is 12.2 Å². The van der Waals surface area contributed by atoms with Gasteiger partial charge in [0.2, 0.25) is 5.95 Å². The molecular weight excluding hydrogens is 391 g/mol. The third-order valence-electron chi connectivity index (χ3n) is 5.78. The standard InChI is InChI=1S/C18H24F3N5O3/c1-11-10-29-7-6-24(11)15-8-16(27)25-5-4-14(18(19,20)21)26(17(25)22-15)9-13(23-28)12-2-3-12/h8,11-12,14,28H,2-7,9-10H2,1H3/b23-13-/t11-,14+/m1/s1. The summed E-state index contributed by atoms with van der Waals surface area (Å²) in [4.78, 5) is 20.2. The van der Waals surface area contributed by atoms with Gasteiger partial charge in [0.1, 0.15) is 11.9 Å². The summed E-state index contributed by atoms with van der Waals surface area (Å²) in [5.74, 6) is 0.304. The number of fused-ring (bicyclic) bond motifs is 1. The van der Waals surface area contributed by atoms with E-state index in [2.05, 4.69) is 10.1 Å². The van der Waals surface area contributed by atoms with Crippen molar-refractivity contribution in [1.29, 1.82) is 0 Å². The molecule has 8 nitrogen and oxygen atoms in total. The third-order valence-corrected chi connectivity index (χ3v) is 5.78. The number of oxime groups is 1. The third kappa shape index (κ3) is 3.92. The predicted molar refractivity (Wildman–Crippen MR) is 99.9 cm³/mol. The molecule has 0 bridgehead atoms. The van der Waals surface area contributed by atoms with Crippen LogP contribution in [-0.2, 0) is 11.3 Å². The van der Waals surface area contributed by atoms with E-state index >= 15 is 0 Å². The fourth-order valence-electron chi connectivity index (χ4n) is 4.03. The van der Waals surface area contributed by atoms with E-state index in [1.54, 1.807) is 0 Å². The molecule has 1 N–H and O–H groups in total. The van der Waals surface area contributed by atoms with E-state index in [1.807, 2.05) is 11.8 Å². The van der Waals surface area contributed by atoms with Crippen LogP contribution in [0.5, 0.6) is 0 Å². The Kier molecular flexibility index (Phi) is 5.18. The highest BCUT2D eigenvalue weighted by Crippen LogP contribution is 2.37.